The number of hydrogen-bond acceptors (Lipinski definition) is 3. The van der Waals surface area contributed by atoms with Gasteiger partial charge >= 0.3 is 16.2 Å². The van der Waals surface area contributed by atoms with Crippen LogP contribution in [-0.2, 0) is 10.2 Å². The van der Waals surface area contributed by atoms with Crippen LogP contribution >= 0.6 is 0 Å². The molecule has 1 unspecified atom stereocenters. The molecule has 0 spiro atoms. The summed E-state index contributed by atoms with van der Waals surface area (Å²) in [6.07, 6.45) is 1.83. The summed E-state index contributed by atoms with van der Waals surface area (Å²) in [6.45, 7) is 6.43. The predicted octanol–water partition coefficient (Wildman–Crippen LogP) is 2.39. The first kappa shape index (κ1) is 16.8. The zero-order valence-electron chi connectivity index (χ0n) is 13.1. The minimum Gasteiger partial charge on any atom is -0.478 e. The fourth-order valence-corrected chi connectivity index (χ4v) is 4.31. The Morgan fingerprint density at radius 2 is 2.05 bits per heavy atom. The van der Waals surface area contributed by atoms with Crippen molar-refractivity contribution in [2.45, 2.75) is 33.6 Å². The lowest BCUT2D eigenvalue weighted by Crippen LogP contribution is -2.42. The van der Waals surface area contributed by atoms with Gasteiger partial charge in [-0.2, -0.15) is 12.7 Å². The summed E-state index contributed by atoms with van der Waals surface area (Å²) in [5.74, 6) is -0.833. The third-order valence-corrected chi connectivity index (χ3v) is 5.37. The fourth-order valence-electron chi connectivity index (χ4n) is 2.83. The first-order valence-corrected chi connectivity index (χ1v) is 8.77. The number of carboxylic acid groups (broad SMARTS) is 1. The molecule has 2 rings (SSSR count). The van der Waals surface area contributed by atoms with Gasteiger partial charge in [0.05, 0.1) is 11.3 Å². The number of aromatic carboxylic acids is 1. The van der Waals surface area contributed by atoms with Crippen molar-refractivity contribution in [2.75, 3.05) is 17.8 Å². The van der Waals surface area contributed by atoms with Crippen LogP contribution in [0, 0.1) is 19.8 Å². The molecule has 0 bridgehead atoms. The number of carboxylic acids is 1. The van der Waals surface area contributed by atoms with Crippen molar-refractivity contribution >= 4 is 21.9 Å². The van der Waals surface area contributed by atoms with Gasteiger partial charge in [-0.25, -0.2) is 4.79 Å². The van der Waals surface area contributed by atoms with Crippen molar-refractivity contribution in [3.05, 3.63) is 28.8 Å². The Bertz CT molecular complexity index is 685. The standard InChI is InChI=1S/C15H22N2O4S/c1-10-5-4-6-17(9-10)22(20,21)16-14-12(3)7-11(2)8-13(14)15(18)19/h7-8,10,16H,4-6,9H2,1-3H3,(H,18,19). The third-order valence-electron chi connectivity index (χ3n) is 3.90. The summed E-state index contributed by atoms with van der Waals surface area (Å²) >= 11 is 0. The van der Waals surface area contributed by atoms with Crippen molar-refractivity contribution in [3.8, 4) is 0 Å². The quantitative estimate of drug-likeness (QED) is 0.889. The monoisotopic (exact) mass is 326 g/mol. The number of hydrogen-bond donors (Lipinski definition) is 2. The SMILES string of the molecule is Cc1cc(C)c(NS(=O)(=O)N2CCCC(C)C2)c(C(=O)O)c1. The minimum absolute atomic E-state index is 0.0221. The van der Waals surface area contributed by atoms with Crippen molar-refractivity contribution < 1.29 is 18.3 Å². The molecule has 1 aliphatic rings. The van der Waals surface area contributed by atoms with Crippen LogP contribution in [0.4, 0.5) is 5.69 Å². The Balaban J connectivity index is 2.35. The maximum Gasteiger partial charge on any atom is 0.337 e. The zero-order chi connectivity index (χ0) is 16.5. The minimum atomic E-state index is -3.74. The molecule has 1 aliphatic heterocycles. The van der Waals surface area contributed by atoms with Gasteiger partial charge in [0.15, 0.2) is 0 Å². The molecule has 0 saturated carbocycles. The van der Waals surface area contributed by atoms with E-state index in [1.54, 1.807) is 19.9 Å². The molecule has 7 heteroatoms. The largest absolute Gasteiger partial charge is 0.478 e. The second-order valence-corrected chi connectivity index (χ2v) is 7.69. The maximum absolute atomic E-state index is 12.5. The maximum atomic E-state index is 12.5. The molecular formula is C15H22N2O4S. The molecule has 6 nitrogen and oxygen atoms in total. The Morgan fingerprint density at radius 1 is 1.36 bits per heavy atom. The summed E-state index contributed by atoms with van der Waals surface area (Å²) in [6, 6.07) is 3.25. The van der Waals surface area contributed by atoms with Gasteiger partial charge < -0.3 is 5.11 Å². The van der Waals surface area contributed by atoms with E-state index in [-0.39, 0.29) is 11.3 Å². The van der Waals surface area contributed by atoms with E-state index in [0.717, 1.165) is 18.4 Å². The van der Waals surface area contributed by atoms with E-state index in [1.807, 2.05) is 6.92 Å². The molecule has 1 atom stereocenters. The lowest BCUT2D eigenvalue weighted by atomic mass is 10.0. The topological polar surface area (TPSA) is 86.7 Å². The van der Waals surface area contributed by atoms with E-state index in [2.05, 4.69) is 4.72 Å². The fraction of sp³-hybridized carbons (Fsp3) is 0.533. The summed E-state index contributed by atoms with van der Waals surface area (Å²) in [5, 5.41) is 9.32. The molecule has 122 valence electrons. The van der Waals surface area contributed by atoms with Crippen molar-refractivity contribution in [1.29, 1.82) is 0 Å². The predicted molar refractivity (Wildman–Crippen MR) is 85.4 cm³/mol. The third kappa shape index (κ3) is 3.59. The van der Waals surface area contributed by atoms with Crippen LogP contribution in [0.3, 0.4) is 0 Å². The number of nitrogens with one attached hydrogen (secondary N) is 1. The number of nitrogens with zero attached hydrogens (tertiary/aromatic N) is 1. The highest BCUT2D eigenvalue weighted by Gasteiger charge is 2.28. The molecular weight excluding hydrogens is 304 g/mol. The molecule has 0 aromatic heterocycles. The molecule has 2 N–H and O–H groups in total. The highest BCUT2D eigenvalue weighted by atomic mass is 32.2. The van der Waals surface area contributed by atoms with E-state index in [4.69, 9.17) is 0 Å². The number of carbonyl (C=O) groups is 1. The van der Waals surface area contributed by atoms with E-state index >= 15 is 0 Å². The smallest absolute Gasteiger partial charge is 0.337 e. The van der Waals surface area contributed by atoms with E-state index in [9.17, 15) is 18.3 Å². The van der Waals surface area contributed by atoms with Gasteiger partial charge in [0.1, 0.15) is 0 Å². The highest BCUT2D eigenvalue weighted by Crippen LogP contribution is 2.26. The summed E-state index contributed by atoms with van der Waals surface area (Å²) in [7, 11) is -3.74. The number of piperidine rings is 1. The second-order valence-electron chi connectivity index (χ2n) is 6.02. The van der Waals surface area contributed by atoms with E-state index in [1.165, 1.54) is 10.4 Å². The average Bonchev–Trinajstić information content (AvgIpc) is 2.41. The van der Waals surface area contributed by atoms with Crippen LogP contribution in [0.25, 0.3) is 0 Å². The molecule has 1 aromatic rings. The lowest BCUT2D eigenvalue weighted by molar-refractivity contribution is 0.0698. The van der Waals surface area contributed by atoms with E-state index < -0.39 is 16.2 Å². The molecule has 1 heterocycles. The van der Waals surface area contributed by atoms with Crippen LogP contribution in [0.5, 0.6) is 0 Å². The van der Waals surface area contributed by atoms with Crippen molar-refractivity contribution in [3.63, 3.8) is 0 Å². The summed E-state index contributed by atoms with van der Waals surface area (Å²) < 4.78 is 28.9. The van der Waals surface area contributed by atoms with Crippen LogP contribution in [0.2, 0.25) is 0 Å². The molecule has 0 radical (unpaired) electrons. The lowest BCUT2D eigenvalue weighted by Gasteiger charge is -2.30. The van der Waals surface area contributed by atoms with Gasteiger partial charge in [-0.1, -0.05) is 13.0 Å². The number of anilines is 1. The first-order chi connectivity index (χ1) is 10.2. The van der Waals surface area contributed by atoms with Gasteiger partial charge in [-0.3, -0.25) is 4.72 Å². The molecule has 1 aromatic carbocycles. The Kier molecular flexibility index (Phi) is 4.77. The van der Waals surface area contributed by atoms with Crippen LogP contribution in [-0.4, -0.2) is 36.9 Å². The molecule has 22 heavy (non-hydrogen) atoms. The molecule has 1 fully saturated rings. The number of benzene rings is 1. The zero-order valence-corrected chi connectivity index (χ0v) is 13.9. The number of rotatable bonds is 4. The molecule has 0 aliphatic carbocycles. The first-order valence-electron chi connectivity index (χ1n) is 7.33. The van der Waals surface area contributed by atoms with E-state index in [0.29, 0.717) is 24.6 Å². The Hall–Kier alpha value is -1.60. The van der Waals surface area contributed by atoms with Gasteiger partial charge in [-0.05, 0) is 49.8 Å². The van der Waals surface area contributed by atoms with Gasteiger partial charge in [0.25, 0.3) is 0 Å². The number of aryl methyl sites for hydroxylation is 2. The van der Waals surface area contributed by atoms with Crippen LogP contribution in [0.15, 0.2) is 12.1 Å². The Labute approximate surface area is 131 Å². The van der Waals surface area contributed by atoms with Gasteiger partial charge in [-0.15, -0.1) is 0 Å². The van der Waals surface area contributed by atoms with Crippen molar-refractivity contribution in [2.24, 2.45) is 5.92 Å². The normalized spacial score (nSPS) is 19.9. The van der Waals surface area contributed by atoms with Crippen LogP contribution in [0.1, 0.15) is 41.3 Å². The average molecular weight is 326 g/mol. The van der Waals surface area contributed by atoms with Gasteiger partial charge in [0, 0.05) is 13.1 Å². The Morgan fingerprint density at radius 3 is 2.64 bits per heavy atom. The van der Waals surface area contributed by atoms with Gasteiger partial charge in [0.2, 0.25) is 0 Å². The van der Waals surface area contributed by atoms with Crippen molar-refractivity contribution in [1.82, 2.24) is 4.31 Å². The highest BCUT2D eigenvalue weighted by molar-refractivity contribution is 7.90. The molecule has 0 amide bonds. The summed E-state index contributed by atoms with van der Waals surface area (Å²) in [5.41, 5.74) is 1.51. The molecule has 1 saturated heterocycles. The van der Waals surface area contributed by atoms with Crippen LogP contribution < -0.4 is 4.72 Å². The summed E-state index contributed by atoms with van der Waals surface area (Å²) in [4.78, 5) is 11.4. The second kappa shape index (κ2) is 6.26.